The SMILES string of the molecule is O=C(NNC(=S)Nc1ccc(SC(F)F)cc1)c1ccc(F)cc1. The minimum atomic E-state index is -2.48. The summed E-state index contributed by atoms with van der Waals surface area (Å²) >= 11 is 5.45. The van der Waals surface area contributed by atoms with Crippen molar-refractivity contribution in [1.82, 2.24) is 10.9 Å². The van der Waals surface area contributed by atoms with Crippen LogP contribution in [0.2, 0.25) is 0 Å². The van der Waals surface area contributed by atoms with Gasteiger partial charge in [-0.15, -0.1) is 0 Å². The van der Waals surface area contributed by atoms with Crippen molar-refractivity contribution in [1.29, 1.82) is 0 Å². The van der Waals surface area contributed by atoms with Gasteiger partial charge in [-0.1, -0.05) is 11.8 Å². The molecule has 0 unspecified atom stereocenters. The van der Waals surface area contributed by atoms with Gasteiger partial charge in [0.05, 0.1) is 0 Å². The Hall–Kier alpha value is -2.26. The van der Waals surface area contributed by atoms with Crippen LogP contribution in [0.3, 0.4) is 0 Å². The number of amides is 1. The van der Waals surface area contributed by atoms with E-state index in [2.05, 4.69) is 16.2 Å². The lowest BCUT2D eigenvalue weighted by Crippen LogP contribution is -2.43. The third-order valence-electron chi connectivity index (χ3n) is 2.73. The number of carbonyl (C=O) groups excluding carboxylic acids is 1. The van der Waals surface area contributed by atoms with Crippen LogP contribution in [-0.2, 0) is 0 Å². The van der Waals surface area contributed by atoms with Gasteiger partial charge in [-0.2, -0.15) is 8.78 Å². The molecule has 0 heterocycles. The molecule has 0 aliphatic carbocycles. The third-order valence-corrected chi connectivity index (χ3v) is 3.66. The number of thioether (sulfide) groups is 1. The number of rotatable bonds is 4. The maximum atomic E-state index is 12.8. The maximum absolute atomic E-state index is 12.8. The average molecular weight is 371 g/mol. The topological polar surface area (TPSA) is 53.2 Å². The van der Waals surface area contributed by atoms with Crippen LogP contribution in [0.15, 0.2) is 53.4 Å². The van der Waals surface area contributed by atoms with Crippen molar-refractivity contribution < 1.29 is 18.0 Å². The Labute approximate surface area is 145 Å². The van der Waals surface area contributed by atoms with Gasteiger partial charge in [0.25, 0.3) is 11.7 Å². The second-order valence-corrected chi connectivity index (χ2v) is 5.91. The summed E-state index contributed by atoms with van der Waals surface area (Å²) in [5.41, 5.74) is 5.69. The molecule has 4 nitrogen and oxygen atoms in total. The van der Waals surface area contributed by atoms with E-state index in [1.165, 1.54) is 36.4 Å². The van der Waals surface area contributed by atoms with Crippen LogP contribution in [0.4, 0.5) is 18.9 Å². The van der Waals surface area contributed by atoms with E-state index in [0.717, 1.165) is 0 Å². The van der Waals surface area contributed by atoms with Gasteiger partial charge in [-0.25, -0.2) is 4.39 Å². The number of nitrogens with one attached hydrogen (secondary N) is 3. The molecule has 2 rings (SSSR count). The standard InChI is InChI=1S/C15H12F3N3OS2/c16-10-3-1-9(2-4-10)13(22)20-21-15(23)19-11-5-7-12(8-6-11)24-14(17)18/h1-8,14H,(H,20,22)(H2,19,21,23). The Morgan fingerprint density at radius 1 is 1.00 bits per heavy atom. The van der Waals surface area contributed by atoms with Crippen LogP contribution in [0.1, 0.15) is 10.4 Å². The molecule has 2 aromatic rings. The van der Waals surface area contributed by atoms with Gasteiger partial charge >= 0.3 is 0 Å². The predicted molar refractivity (Wildman–Crippen MR) is 91.5 cm³/mol. The van der Waals surface area contributed by atoms with Crippen LogP contribution >= 0.6 is 24.0 Å². The van der Waals surface area contributed by atoms with Crippen molar-refractivity contribution >= 4 is 40.7 Å². The molecular formula is C15H12F3N3OS2. The van der Waals surface area contributed by atoms with Gasteiger partial charge in [-0.05, 0) is 60.7 Å². The molecule has 0 atom stereocenters. The van der Waals surface area contributed by atoms with E-state index in [-0.39, 0.29) is 10.7 Å². The molecule has 1 amide bonds. The summed E-state index contributed by atoms with van der Waals surface area (Å²) in [4.78, 5) is 12.2. The highest BCUT2D eigenvalue weighted by molar-refractivity contribution is 7.99. The van der Waals surface area contributed by atoms with Gasteiger partial charge in [0.1, 0.15) is 5.82 Å². The molecule has 3 N–H and O–H groups in total. The summed E-state index contributed by atoms with van der Waals surface area (Å²) in [6, 6.07) is 11.2. The minimum Gasteiger partial charge on any atom is -0.331 e. The van der Waals surface area contributed by atoms with Crippen LogP contribution in [-0.4, -0.2) is 16.8 Å². The van der Waals surface area contributed by atoms with Crippen molar-refractivity contribution in [2.45, 2.75) is 10.7 Å². The molecule has 0 fully saturated rings. The van der Waals surface area contributed by atoms with E-state index in [1.54, 1.807) is 12.1 Å². The third kappa shape index (κ3) is 5.74. The maximum Gasteiger partial charge on any atom is 0.288 e. The van der Waals surface area contributed by atoms with E-state index in [9.17, 15) is 18.0 Å². The van der Waals surface area contributed by atoms with E-state index < -0.39 is 17.5 Å². The molecular weight excluding hydrogens is 359 g/mol. The van der Waals surface area contributed by atoms with Gasteiger partial charge in [0, 0.05) is 16.1 Å². The molecule has 0 saturated heterocycles. The first-order chi connectivity index (χ1) is 11.4. The predicted octanol–water partition coefficient (Wildman–Crippen LogP) is 3.77. The fourth-order valence-electron chi connectivity index (χ4n) is 1.67. The zero-order valence-corrected chi connectivity index (χ0v) is 13.7. The number of anilines is 1. The Bertz CT molecular complexity index is 709. The number of carbonyl (C=O) groups is 1. The van der Waals surface area contributed by atoms with Crippen molar-refractivity contribution in [2.24, 2.45) is 0 Å². The van der Waals surface area contributed by atoms with Crippen LogP contribution in [0.25, 0.3) is 0 Å². The fourth-order valence-corrected chi connectivity index (χ4v) is 2.34. The number of benzene rings is 2. The second-order valence-electron chi connectivity index (χ2n) is 4.44. The zero-order chi connectivity index (χ0) is 17.5. The molecule has 126 valence electrons. The molecule has 0 spiro atoms. The summed E-state index contributed by atoms with van der Waals surface area (Å²) in [7, 11) is 0. The highest BCUT2D eigenvalue weighted by Crippen LogP contribution is 2.26. The summed E-state index contributed by atoms with van der Waals surface area (Å²) in [6.07, 6.45) is 0. The molecule has 0 aliphatic heterocycles. The largest absolute Gasteiger partial charge is 0.331 e. The normalized spacial score (nSPS) is 10.3. The Kier molecular flexibility index (Phi) is 6.44. The van der Waals surface area contributed by atoms with Crippen molar-refractivity contribution in [3.05, 3.63) is 59.9 Å². The Balaban J connectivity index is 1.82. The van der Waals surface area contributed by atoms with Crippen LogP contribution < -0.4 is 16.2 Å². The molecule has 24 heavy (non-hydrogen) atoms. The Morgan fingerprint density at radius 2 is 1.62 bits per heavy atom. The number of thiocarbonyl (C=S) groups is 1. The molecule has 2 aromatic carbocycles. The Morgan fingerprint density at radius 3 is 2.21 bits per heavy atom. The van der Waals surface area contributed by atoms with Crippen molar-refractivity contribution in [3.63, 3.8) is 0 Å². The lowest BCUT2D eigenvalue weighted by Gasteiger charge is -2.12. The monoisotopic (exact) mass is 371 g/mol. The fraction of sp³-hybridized carbons (Fsp3) is 0.0667. The number of halogens is 3. The highest BCUT2D eigenvalue weighted by Gasteiger charge is 2.07. The van der Waals surface area contributed by atoms with E-state index in [0.29, 0.717) is 22.3 Å². The van der Waals surface area contributed by atoms with Crippen molar-refractivity contribution in [2.75, 3.05) is 5.32 Å². The van der Waals surface area contributed by atoms with E-state index >= 15 is 0 Å². The minimum absolute atomic E-state index is 0.111. The van der Waals surface area contributed by atoms with Crippen molar-refractivity contribution in [3.8, 4) is 0 Å². The van der Waals surface area contributed by atoms with Gasteiger partial charge in [-0.3, -0.25) is 15.6 Å². The molecule has 0 radical (unpaired) electrons. The summed E-state index contributed by atoms with van der Waals surface area (Å²) in [5.74, 6) is -3.40. The molecule has 0 aliphatic rings. The van der Waals surface area contributed by atoms with Crippen LogP contribution in [0.5, 0.6) is 0 Å². The number of hydrazine groups is 1. The number of alkyl halides is 2. The van der Waals surface area contributed by atoms with E-state index in [1.807, 2.05) is 0 Å². The van der Waals surface area contributed by atoms with E-state index in [4.69, 9.17) is 12.2 Å². The first kappa shape index (κ1) is 18.1. The quantitative estimate of drug-likeness (QED) is 0.434. The number of hydrogen-bond donors (Lipinski definition) is 3. The average Bonchev–Trinajstić information content (AvgIpc) is 2.54. The van der Waals surface area contributed by atoms with Gasteiger partial charge in [0.2, 0.25) is 0 Å². The first-order valence-corrected chi connectivity index (χ1v) is 7.90. The lowest BCUT2D eigenvalue weighted by molar-refractivity contribution is 0.0944. The lowest BCUT2D eigenvalue weighted by atomic mass is 10.2. The molecule has 9 heteroatoms. The van der Waals surface area contributed by atoms with Gasteiger partial charge < -0.3 is 5.32 Å². The summed E-state index contributed by atoms with van der Waals surface area (Å²) in [5, 5.41) is 2.90. The number of hydrogen-bond acceptors (Lipinski definition) is 3. The summed E-state index contributed by atoms with van der Waals surface area (Å²) in [6.45, 7) is 0. The highest BCUT2D eigenvalue weighted by atomic mass is 32.2. The van der Waals surface area contributed by atoms with Gasteiger partial charge in [0.15, 0.2) is 5.11 Å². The molecule has 0 aromatic heterocycles. The molecule has 0 saturated carbocycles. The molecule has 0 bridgehead atoms. The summed E-state index contributed by atoms with van der Waals surface area (Å²) < 4.78 is 37.2. The second kappa shape index (κ2) is 8.55. The van der Waals surface area contributed by atoms with Crippen LogP contribution in [0, 0.1) is 5.82 Å². The smallest absolute Gasteiger partial charge is 0.288 e. The zero-order valence-electron chi connectivity index (χ0n) is 12.1. The first-order valence-electron chi connectivity index (χ1n) is 6.62.